The number of anilines is 2. The molecule has 0 saturated heterocycles. The van der Waals surface area contributed by atoms with Gasteiger partial charge in [-0.1, -0.05) is 6.07 Å². The van der Waals surface area contributed by atoms with E-state index in [1.807, 2.05) is 29.8 Å². The Bertz CT molecular complexity index is 985. The molecule has 1 amide bonds. The van der Waals surface area contributed by atoms with E-state index in [9.17, 15) is 4.79 Å². The van der Waals surface area contributed by atoms with Gasteiger partial charge in [0, 0.05) is 30.5 Å². The van der Waals surface area contributed by atoms with Gasteiger partial charge in [-0.15, -0.1) is 0 Å². The first-order valence-electron chi connectivity index (χ1n) is 8.94. The number of fused-ring (bicyclic) bond motifs is 1. The van der Waals surface area contributed by atoms with Crippen molar-refractivity contribution in [3.63, 3.8) is 0 Å². The molecular formula is C19H24N6O3. The van der Waals surface area contributed by atoms with Crippen LogP contribution in [0.4, 0.5) is 11.8 Å². The van der Waals surface area contributed by atoms with Gasteiger partial charge >= 0.3 is 0 Å². The summed E-state index contributed by atoms with van der Waals surface area (Å²) in [6.45, 7) is 4.26. The van der Waals surface area contributed by atoms with Gasteiger partial charge in [0.05, 0.1) is 25.8 Å². The number of aromatic nitrogens is 3. The Morgan fingerprint density at radius 3 is 2.82 bits per heavy atom. The lowest BCUT2D eigenvalue weighted by Gasteiger charge is -2.14. The molecule has 0 bridgehead atoms. The van der Waals surface area contributed by atoms with Crippen LogP contribution in [0.1, 0.15) is 22.8 Å². The summed E-state index contributed by atoms with van der Waals surface area (Å²) in [5.41, 5.74) is 14.0. The number of hydrogen-bond donors (Lipinski definition) is 3. The number of nitrogens with two attached hydrogens (primary N) is 2. The second-order valence-electron chi connectivity index (χ2n) is 6.12. The van der Waals surface area contributed by atoms with Crippen molar-refractivity contribution in [3.05, 3.63) is 41.6 Å². The molecule has 0 saturated carbocycles. The minimum absolute atomic E-state index is 0.201. The molecule has 3 rings (SSSR count). The second kappa shape index (κ2) is 8.57. The highest BCUT2D eigenvalue weighted by atomic mass is 16.5. The molecule has 0 aliphatic carbocycles. The van der Waals surface area contributed by atoms with E-state index in [1.165, 1.54) is 0 Å². The van der Waals surface area contributed by atoms with Crippen LogP contribution in [0.25, 0.3) is 11.0 Å². The van der Waals surface area contributed by atoms with Crippen molar-refractivity contribution >= 4 is 28.7 Å². The average molecular weight is 384 g/mol. The summed E-state index contributed by atoms with van der Waals surface area (Å²) in [7, 11) is 1.56. The van der Waals surface area contributed by atoms with Crippen LogP contribution in [-0.2, 0) is 11.3 Å². The molecule has 148 valence electrons. The van der Waals surface area contributed by atoms with Crippen LogP contribution in [-0.4, -0.2) is 47.3 Å². The van der Waals surface area contributed by atoms with Crippen LogP contribution in [0.3, 0.4) is 0 Å². The molecule has 3 aromatic rings. The third-order valence-electron chi connectivity index (χ3n) is 4.28. The van der Waals surface area contributed by atoms with E-state index in [0.29, 0.717) is 43.4 Å². The number of rotatable bonds is 9. The zero-order chi connectivity index (χ0) is 20.1. The van der Waals surface area contributed by atoms with E-state index in [-0.39, 0.29) is 5.95 Å². The SMILES string of the molecule is CCOCCNc1nc(N)nc2ccn(Cc3ccc(C(N)=O)cc3OC)c12. The first-order chi connectivity index (χ1) is 13.5. The van der Waals surface area contributed by atoms with Gasteiger partial charge < -0.3 is 30.8 Å². The van der Waals surface area contributed by atoms with Crippen LogP contribution >= 0.6 is 0 Å². The molecule has 2 aromatic heterocycles. The Kier molecular flexibility index (Phi) is 5.95. The summed E-state index contributed by atoms with van der Waals surface area (Å²) in [5.74, 6) is 0.925. The second-order valence-corrected chi connectivity index (χ2v) is 6.12. The summed E-state index contributed by atoms with van der Waals surface area (Å²) in [6, 6.07) is 7.02. The lowest BCUT2D eigenvalue weighted by Crippen LogP contribution is -2.13. The van der Waals surface area contributed by atoms with E-state index in [1.54, 1.807) is 19.2 Å². The predicted octanol–water partition coefficient (Wildman–Crippen LogP) is 1.62. The molecule has 0 radical (unpaired) electrons. The topological polar surface area (TPSA) is 130 Å². The molecule has 0 spiro atoms. The monoisotopic (exact) mass is 384 g/mol. The summed E-state index contributed by atoms with van der Waals surface area (Å²) in [5, 5.41) is 3.26. The molecule has 0 atom stereocenters. The standard InChI is InChI=1S/C19H24N6O3/c1-3-28-9-7-22-18-16-14(23-19(21)24-18)6-8-25(16)11-13-5-4-12(17(20)26)10-15(13)27-2/h4-6,8,10H,3,7,9,11H2,1-2H3,(H2,20,26)(H3,21,22,23,24). The van der Waals surface area contributed by atoms with Crippen LogP contribution in [0.5, 0.6) is 5.75 Å². The summed E-state index contributed by atoms with van der Waals surface area (Å²) >= 11 is 0. The highest BCUT2D eigenvalue weighted by Crippen LogP contribution is 2.26. The Morgan fingerprint density at radius 2 is 2.11 bits per heavy atom. The largest absolute Gasteiger partial charge is 0.496 e. The van der Waals surface area contributed by atoms with Gasteiger partial charge in [0.25, 0.3) is 0 Å². The fourth-order valence-electron chi connectivity index (χ4n) is 2.98. The average Bonchev–Trinajstić information content (AvgIpc) is 3.07. The van der Waals surface area contributed by atoms with Crippen molar-refractivity contribution < 1.29 is 14.3 Å². The number of nitrogens with zero attached hydrogens (tertiary/aromatic N) is 3. The Hall–Kier alpha value is -3.33. The van der Waals surface area contributed by atoms with Crippen molar-refractivity contribution in [1.82, 2.24) is 14.5 Å². The number of primary amides is 1. The van der Waals surface area contributed by atoms with Crippen molar-refractivity contribution in [2.45, 2.75) is 13.5 Å². The summed E-state index contributed by atoms with van der Waals surface area (Å²) in [6.07, 6.45) is 1.91. The normalized spacial score (nSPS) is 10.9. The number of carbonyl (C=O) groups is 1. The maximum atomic E-state index is 11.4. The van der Waals surface area contributed by atoms with Gasteiger partial charge in [0.1, 0.15) is 11.3 Å². The fourth-order valence-corrected chi connectivity index (χ4v) is 2.98. The molecule has 28 heavy (non-hydrogen) atoms. The minimum Gasteiger partial charge on any atom is -0.496 e. The van der Waals surface area contributed by atoms with Gasteiger partial charge in [-0.3, -0.25) is 4.79 Å². The van der Waals surface area contributed by atoms with E-state index in [2.05, 4.69) is 15.3 Å². The third kappa shape index (κ3) is 4.15. The number of hydrogen-bond acceptors (Lipinski definition) is 7. The molecule has 0 aliphatic heterocycles. The molecule has 0 fully saturated rings. The van der Waals surface area contributed by atoms with Crippen molar-refractivity contribution in [1.29, 1.82) is 0 Å². The maximum absolute atomic E-state index is 11.4. The van der Waals surface area contributed by atoms with Crippen LogP contribution in [0, 0.1) is 0 Å². The van der Waals surface area contributed by atoms with Gasteiger partial charge in [-0.2, -0.15) is 4.98 Å². The highest BCUT2D eigenvalue weighted by molar-refractivity contribution is 5.93. The number of amides is 1. The third-order valence-corrected chi connectivity index (χ3v) is 4.28. The molecule has 1 aromatic carbocycles. The highest BCUT2D eigenvalue weighted by Gasteiger charge is 2.14. The zero-order valence-corrected chi connectivity index (χ0v) is 15.9. The number of benzene rings is 1. The molecule has 9 heteroatoms. The van der Waals surface area contributed by atoms with E-state index in [0.717, 1.165) is 16.6 Å². The van der Waals surface area contributed by atoms with E-state index >= 15 is 0 Å². The maximum Gasteiger partial charge on any atom is 0.248 e. The van der Waals surface area contributed by atoms with Gasteiger partial charge in [0.15, 0.2) is 5.82 Å². The van der Waals surface area contributed by atoms with Crippen LogP contribution < -0.4 is 21.5 Å². The molecule has 2 heterocycles. The quantitative estimate of drug-likeness (QED) is 0.478. The summed E-state index contributed by atoms with van der Waals surface area (Å²) in [4.78, 5) is 20.1. The Morgan fingerprint density at radius 1 is 1.29 bits per heavy atom. The minimum atomic E-state index is -0.499. The molecule has 0 unspecified atom stereocenters. The predicted molar refractivity (Wildman–Crippen MR) is 108 cm³/mol. The van der Waals surface area contributed by atoms with Crippen LogP contribution in [0.2, 0.25) is 0 Å². The molecular weight excluding hydrogens is 360 g/mol. The molecule has 0 aliphatic rings. The Labute approximate surface area is 162 Å². The number of ether oxygens (including phenoxy) is 2. The molecule has 9 nitrogen and oxygen atoms in total. The number of methoxy groups -OCH3 is 1. The molecule has 5 N–H and O–H groups in total. The fraction of sp³-hybridized carbons (Fsp3) is 0.316. The smallest absolute Gasteiger partial charge is 0.248 e. The van der Waals surface area contributed by atoms with E-state index in [4.69, 9.17) is 20.9 Å². The summed E-state index contributed by atoms with van der Waals surface area (Å²) < 4.78 is 12.8. The first kappa shape index (κ1) is 19.4. The van der Waals surface area contributed by atoms with Gasteiger partial charge in [-0.05, 0) is 25.1 Å². The lowest BCUT2D eigenvalue weighted by molar-refractivity contribution is 0.1000. The Balaban J connectivity index is 1.94. The lowest BCUT2D eigenvalue weighted by atomic mass is 10.1. The van der Waals surface area contributed by atoms with Crippen molar-refractivity contribution in [2.24, 2.45) is 5.73 Å². The first-order valence-corrected chi connectivity index (χ1v) is 8.94. The van der Waals surface area contributed by atoms with Crippen LogP contribution in [0.15, 0.2) is 30.5 Å². The van der Waals surface area contributed by atoms with Gasteiger partial charge in [-0.25, -0.2) is 4.98 Å². The number of carbonyl (C=O) groups excluding carboxylic acids is 1. The number of nitrogens with one attached hydrogen (secondary N) is 1. The van der Waals surface area contributed by atoms with Crippen molar-refractivity contribution in [2.75, 3.05) is 37.9 Å². The van der Waals surface area contributed by atoms with Crippen molar-refractivity contribution in [3.8, 4) is 5.75 Å². The number of nitrogen functional groups attached to an aromatic ring is 1. The van der Waals surface area contributed by atoms with E-state index < -0.39 is 5.91 Å². The van der Waals surface area contributed by atoms with Gasteiger partial charge in [0.2, 0.25) is 11.9 Å². The zero-order valence-electron chi connectivity index (χ0n) is 15.9.